The van der Waals surface area contributed by atoms with Crippen LogP contribution in [0.5, 0.6) is 0 Å². The first-order chi connectivity index (χ1) is 11.2. The van der Waals surface area contributed by atoms with Crippen molar-refractivity contribution in [2.75, 3.05) is 0 Å². The molecule has 0 aliphatic carbocycles. The van der Waals surface area contributed by atoms with Crippen LogP contribution in [0.2, 0.25) is 0 Å². The van der Waals surface area contributed by atoms with Gasteiger partial charge < -0.3 is 5.11 Å². The van der Waals surface area contributed by atoms with E-state index in [1.807, 2.05) is 54.6 Å². The monoisotopic (exact) mass is 307 g/mol. The van der Waals surface area contributed by atoms with Crippen molar-refractivity contribution in [1.29, 1.82) is 0 Å². The molecule has 1 N–H and O–H groups in total. The van der Waals surface area contributed by atoms with Gasteiger partial charge in [0, 0.05) is 5.56 Å². The Kier molecular flexibility index (Phi) is 4.19. The summed E-state index contributed by atoms with van der Waals surface area (Å²) in [4.78, 5) is 11.1. The molecule has 0 spiro atoms. The van der Waals surface area contributed by atoms with Gasteiger partial charge in [0.25, 0.3) is 0 Å². The van der Waals surface area contributed by atoms with Crippen molar-refractivity contribution in [2.24, 2.45) is 0 Å². The predicted molar refractivity (Wildman–Crippen MR) is 87.5 cm³/mol. The Morgan fingerprint density at radius 3 is 2.48 bits per heavy atom. The number of aryl methyl sites for hydroxylation is 1. The number of nitrogens with zero attached hydrogens (tertiary/aromatic N) is 3. The minimum Gasteiger partial charge on any atom is -0.481 e. The molecule has 0 saturated heterocycles. The molecular formula is C18H17N3O2. The number of carbonyl (C=O) groups is 1. The highest BCUT2D eigenvalue weighted by atomic mass is 16.4. The highest BCUT2D eigenvalue weighted by Crippen LogP contribution is 2.27. The molecule has 0 bridgehead atoms. The standard InChI is InChI=1S/C18H17N3O2/c1-2-13-8-6-7-11-16(13)21-18(14-9-4-3-5-10-14)15(19-20-21)12-17(22)23/h3-11H,2,12H2,1H3,(H,22,23). The number of benzene rings is 2. The molecule has 0 aliphatic heterocycles. The highest BCUT2D eigenvalue weighted by molar-refractivity contribution is 5.74. The van der Waals surface area contributed by atoms with Crippen LogP contribution < -0.4 is 0 Å². The lowest BCUT2D eigenvalue weighted by Crippen LogP contribution is -2.05. The van der Waals surface area contributed by atoms with Gasteiger partial charge in [-0.2, -0.15) is 0 Å². The van der Waals surface area contributed by atoms with Crippen molar-refractivity contribution in [3.8, 4) is 16.9 Å². The maximum absolute atomic E-state index is 11.1. The van der Waals surface area contributed by atoms with E-state index < -0.39 is 5.97 Å². The summed E-state index contributed by atoms with van der Waals surface area (Å²) in [5.74, 6) is -0.919. The SMILES string of the molecule is CCc1ccccc1-n1nnc(CC(=O)O)c1-c1ccccc1. The molecule has 0 fully saturated rings. The second kappa shape index (κ2) is 6.44. The van der Waals surface area contributed by atoms with Crippen LogP contribution >= 0.6 is 0 Å². The van der Waals surface area contributed by atoms with Crippen molar-refractivity contribution >= 4 is 5.97 Å². The van der Waals surface area contributed by atoms with Crippen LogP contribution in [-0.2, 0) is 17.6 Å². The van der Waals surface area contributed by atoms with Crippen molar-refractivity contribution in [2.45, 2.75) is 19.8 Å². The topological polar surface area (TPSA) is 68.0 Å². The van der Waals surface area contributed by atoms with Gasteiger partial charge in [-0.05, 0) is 18.1 Å². The van der Waals surface area contributed by atoms with Crippen molar-refractivity contribution in [1.82, 2.24) is 15.0 Å². The first kappa shape index (κ1) is 15.0. The minimum absolute atomic E-state index is 0.154. The summed E-state index contributed by atoms with van der Waals surface area (Å²) in [7, 11) is 0. The van der Waals surface area contributed by atoms with Gasteiger partial charge in [-0.3, -0.25) is 4.79 Å². The normalized spacial score (nSPS) is 10.7. The van der Waals surface area contributed by atoms with Crippen LogP contribution in [0, 0.1) is 0 Å². The molecule has 1 aromatic heterocycles. The molecule has 0 amide bonds. The lowest BCUT2D eigenvalue weighted by Gasteiger charge is -2.11. The Morgan fingerprint density at radius 1 is 1.09 bits per heavy atom. The van der Waals surface area contributed by atoms with Crippen LogP contribution in [0.25, 0.3) is 16.9 Å². The molecule has 3 rings (SSSR count). The smallest absolute Gasteiger partial charge is 0.309 e. The molecule has 0 aliphatic rings. The van der Waals surface area contributed by atoms with E-state index >= 15 is 0 Å². The van der Waals surface area contributed by atoms with Gasteiger partial charge in [-0.25, -0.2) is 4.68 Å². The summed E-state index contributed by atoms with van der Waals surface area (Å²) in [6, 6.07) is 17.6. The fourth-order valence-electron chi connectivity index (χ4n) is 2.65. The molecular weight excluding hydrogens is 290 g/mol. The summed E-state index contributed by atoms with van der Waals surface area (Å²) in [6.45, 7) is 2.08. The first-order valence-corrected chi connectivity index (χ1v) is 7.50. The second-order valence-corrected chi connectivity index (χ2v) is 5.22. The summed E-state index contributed by atoms with van der Waals surface area (Å²) in [5.41, 5.74) is 4.16. The summed E-state index contributed by atoms with van der Waals surface area (Å²) < 4.78 is 1.74. The lowest BCUT2D eigenvalue weighted by atomic mass is 10.1. The van der Waals surface area contributed by atoms with Gasteiger partial charge in [0.05, 0.1) is 17.8 Å². The summed E-state index contributed by atoms with van der Waals surface area (Å²) in [5, 5.41) is 17.5. The van der Waals surface area contributed by atoms with Crippen LogP contribution in [0.3, 0.4) is 0 Å². The molecule has 116 valence electrons. The maximum Gasteiger partial charge on any atom is 0.309 e. The maximum atomic E-state index is 11.1. The van der Waals surface area contributed by atoms with Gasteiger partial charge in [-0.1, -0.05) is 60.7 Å². The lowest BCUT2D eigenvalue weighted by molar-refractivity contribution is -0.136. The van der Waals surface area contributed by atoms with E-state index in [2.05, 4.69) is 17.2 Å². The molecule has 23 heavy (non-hydrogen) atoms. The molecule has 5 heteroatoms. The number of hydrogen-bond donors (Lipinski definition) is 1. The van der Waals surface area contributed by atoms with E-state index in [-0.39, 0.29) is 6.42 Å². The Morgan fingerprint density at radius 2 is 1.78 bits per heavy atom. The van der Waals surface area contributed by atoms with Gasteiger partial charge in [0.1, 0.15) is 5.69 Å². The molecule has 0 atom stereocenters. The summed E-state index contributed by atoms with van der Waals surface area (Å²) in [6.07, 6.45) is 0.705. The van der Waals surface area contributed by atoms with Crippen molar-refractivity contribution < 1.29 is 9.90 Å². The van der Waals surface area contributed by atoms with Gasteiger partial charge in [0.15, 0.2) is 0 Å². The zero-order valence-corrected chi connectivity index (χ0v) is 12.8. The number of hydrogen-bond acceptors (Lipinski definition) is 3. The van der Waals surface area contributed by atoms with Gasteiger partial charge in [0.2, 0.25) is 0 Å². The van der Waals surface area contributed by atoms with E-state index in [4.69, 9.17) is 5.11 Å². The third-order valence-corrected chi connectivity index (χ3v) is 3.71. The molecule has 5 nitrogen and oxygen atoms in total. The van der Waals surface area contributed by atoms with Gasteiger partial charge in [-0.15, -0.1) is 5.10 Å². The average Bonchev–Trinajstić information content (AvgIpc) is 2.98. The molecule has 3 aromatic rings. The molecule has 0 saturated carbocycles. The Balaban J connectivity index is 2.22. The zero-order chi connectivity index (χ0) is 16.2. The number of carboxylic acid groups (broad SMARTS) is 1. The van der Waals surface area contributed by atoms with E-state index in [0.717, 1.165) is 28.9 Å². The third kappa shape index (κ3) is 2.99. The average molecular weight is 307 g/mol. The Hall–Kier alpha value is -2.95. The highest BCUT2D eigenvalue weighted by Gasteiger charge is 2.19. The van der Waals surface area contributed by atoms with Crippen LogP contribution in [-0.4, -0.2) is 26.1 Å². The fraction of sp³-hybridized carbons (Fsp3) is 0.167. The zero-order valence-electron chi connectivity index (χ0n) is 12.8. The fourth-order valence-corrected chi connectivity index (χ4v) is 2.65. The van der Waals surface area contributed by atoms with Crippen LogP contribution in [0.4, 0.5) is 0 Å². The van der Waals surface area contributed by atoms with Gasteiger partial charge >= 0.3 is 5.97 Å². The number of para-hydroxylation sites is 1. The Labute approximate surface area is 134 Å². The number of carboxylic acids is 1. The molecule has 2 aromatic carbocycles. The first-order valence-electron chi connectivity index (χ1n) is 7.50. The number of aromatic nitrogens is 3. The van der Waals surface area contributed by atoms with E-state index in [9.17, 15) is 4.79 Å². The van der Waals surface area contributed by atoms with Crippen LogP contribution in [0.15, 0.2) is 54.6 Å². The predicted octanol–water partition coefficient (Wildman–Crippen LogP) is 3.12. The number of aliphatic carboxylic acids is 1. The van der Waals surface area contributed by atoms with Crippen molar-refractivity contribution in [3.63, 3.8) is 0 Å². The number of rotatable bonds is 5. The van der Waals surface area contributed by atoms with Crippen LogP contribution in [0.1, 0.15) is 18.2 Å². The summed E-state index contributed by atoms with van der Waals surface area (Å²) >= 11 is 0. The minimum atomic E-state index is -0.919. The Bertz CT molecular complexity index is 825. The molecule has 0 radical (unpaired) electrons. The molecule has 0 unspecified atom stereocenters. The quantitative estimate of drug-likeness (QED) is 0.786. The second-order valence-electron chi connectivity index (χ2n) is 5.22. The van der Waals surface area contributed by atoms with Crippen molar-refractivity contribution in [3.05, 3.63) is 65.9 Å². The molecule has 1 heterocycles. The third-order valence-electron chi connectivity index (χ3n) is 3.71. The van der Waals surface area contributed by atoms with E-state index in [0.29, 0.717) is 5.69 Å². The van der Waals surface area contributed by atoms with E-state index in [1.54, 1.807) is 4.68 Å². The van der Waals surface area contributed by atoms with E-state index in [1.165, 1.54) is 0 Å². The largest absolute Gasteiger partial charge is 0.481 e.